The number of aromatic nitrogens is 2. The van der Waals surface area contributed by atoms with Gasteiger partial charge in [0.05, 0.1) is 4.92 Å². The molecule has 0 spiro atoms. The molecule has 0 radical (unpaired) electrons. The average molecular weight is 411 g/mol. The molecule has 2 saturated heterocycles. The van der Waals surface area contributed by atoms with Crippen LogP contribution in [0.4, 0.5) is 11.4 Å². The molecule has 3 aliphatic rings. The minimum Gasteiger partial charge on any atom is -0.371 e. The summed E-state index contributed by atoms with van der Waals surface area (Å²) in [7, 11) is 0. The number of rotatable bonds is 5. The molecule has 0 bridgehead atoms. The molecular weight excluding hydrogens is 386 g/mol. The molecule has 1 aliphatic carbocycles. The van der Waals surface area contributed by atoms with Crippen molar-refractivity contribution >= 4 is 17.3 Å². The molecule has 1 aromatic carbocycles. The Hall–Kier alpha value is -2.97. The van der Waals surface area contributed by atoms with Crippen molar-refractivity contribution in [1.82, 2.24) is 15.0 Å². The first-order chi connectivity index (χ1) is 14.6. The molecule has 3 heterocycles. The molecular formula is C21H25N5O4. The van der Waals surface area contributed by atoms with Crippen LogP contribution >= 0.6 is 0 Å². The first-order valence-corrected chi connectivity index (χ1v) is 10.8. The Morgan fingerprint density at radius 2 is 1.80 bits per heavy atom. The van der Waals surface area contributed by atoms with Gasteiger partial charge in [-0.3, -0.25) is 14.9 Å². The van der Waals surface area contributed by atoms with Crippen LogP contribution in [0.5, 0.6) is 0 Å². The standard InChI is InChI=1S/C21H25N5O4/c27-21(25-9-1-2-10-25)17-13-16(5-6-18(17)26(28)29)24-11-7-14(8-12-24)19-22-20(30-23-19)15-3-4-15/h5-6,13-15H,1-4,7-12H2. The molecule has 9 heteroatoms. The molecule has 158 valence electrons. The average Bonchev–Trinajstić information content (AvgIpc) is 3.26. The predicted octanol–water partition coefficient (Wildman–Crippen LogP) is 3.48. The molecule has 1 amide bonds. The van der Waals surface area contributed by atoms with Crippen molar-refractivity contribution in [3.8, 4) is 0 Å². The first-order valence-electron chi connectivity index (χ1n) is 10.8. The molecule has 2 aromatic rings. The highest BCUT2D eigenvalue weighted by atomic mass is 16.6. The van der Waals surface area contributed by atoms with E-state index in [1.165, 1.54) is 6.07 Å². The van der Waals surface area contributed by atoms with E-state index in [0.717, 1.165) is 69.0 Å². The van der Waals surface area contributed by atoms with Crippen molar-refractivity contribution in [2.45, 2.75) is 50.4 Å². The van der Waals surface area contributed by atoms with Gasteiger partial charge in [-0.05, 0) is 50.7 Å². The van der Waals surface area contributed by atoms with Gasteiger partial charge >= 0.3 is 0 Å². The van der Waals surface area contributed by atoms with E-state index in [0.29, 0.717) is 19.0 Å². The maximum Gasteiger partial charge on any atom is 0.282 e. The lowest BCUT2D eigenvalue weighted by atomic mass is 9.95. The summed E-state index contributed by atoms with van der Waals surface area (Å²) in [6.07, 6.45) is 5.94. The Balaban J connectivity index is 1.31. The number of carbonyl (C=O) groups is 1. The molecule has 1 saturated carbocycles. The van der Waals surface area contributed by atoms with E-state index in [1.807, 2.05) is 0 Å². The van der Waals surface area contributed by atoms with Crippen molar-refractivity contribution in [2.75, 3.05) is 31.1 Å². The van der Waals surface area contributed by atoms with Gasteiger partial charge in [0, 0.05) is 49.8 Å². The van der Waals surface area contributed by atoms with Crippen LogP contribution in [0.25, 0.3) is 0 Å². The molecule has 0 unspecified atom stereocenters. The van der Waals surface area contributed by atoms with Crippen LogP contribution in [-0.4, -0.2) is 52.1 Å². The lowest BCUT2D eigenvalue weighted by molar-refractivity contribution is -0.385. The topological polar surface area (TPSA) is 106 Å². The number of piperidine rings is 1. The lowest BCUT2D eigenvalue weighted by Crippen LogP contribution is -2.34. The van der Waals surface area contributed by atoms with E-state index in [-0.39, 0.29) is 23.1 Å². The number of amides is 1. The first kappa shape index (κ1) is 19.0. The van der Waals surface area contributed by atoms with Crippen molar-refractivity contribution in [1.29, 1.82) is 0 Å². The second-order valence-corrected chi connectivity index (χ2v) is 8.48. The van der Waals surface area contributed by atoms with Crippen LogP contribution in [-0.2, 0) is 0 Å². The van der Waals surface area contributed by atoms with Crippen LogP contribution in [0.3, 0.4) is 0 Å². The molecule has 30 heavy (non-hydrogen) atoms. The summed E-state index contributed by atoms with van der Waals surface area (Å²) in [6.45, 7) is 2.90. The number of nitrogens with zero attached hydrogens (tertiary/aromatic N) is 5. The van der Waals surface area contributed by atoms with E-state index >= 15 is 0 Å². The zero-order valence-corrected chi connectivity index (χ0v) is 16.8. The smallest absolute Gasteiger partial charge is 0.282 e. The summed E-state index contributed by atoms with van der Waals surface area (Å²) >= 11 is 0. The highest BCUT2D eigenvalue weighted by Gasteiger charge is 2.32. The molecule has 5 rings (SSSR count). The van der Waals surface area contributed by atoms with E-state index in [9.17, 15) is 14.9 Å². The molecule has 9 nitrogen and oxygen atoms in total. The van der Waals surface area contributed by atoms with Crippen LogP contribution in [0, 0.1) is 10.1 Å². The van der Waals surface area contributed by atoms with Gasteiger partial charge < -0.3 is 14.3 Å². The lowest BCUT2D eigenvalue weighted by Gasteiger charge is -2.32. The van der Waals surface area contributed by atoms with Crippen molar-refractivity contribution < 1.29 is 14.2 Å². The van der Waals surface area contributed by atoms with Gasteiger partial charge in [0.2, 0.25) is 5.89 Å². The minimum atomic E-state index is -0.465. The third-order valence-electron chi connectivity index (χ3n) is 6.41. The van der Waals surface area contributed by atoms with Gasteiger partial charge in [-0.1, -0.05) is 5.16 Å². The number of carbonyl (C=O) groups excluding carboxylic acids is 1. The van der Waals surface area contributed by atoms with Gasteiger partial charge in [-0.2, -0.15) is 4.98 Å². The molecule has 1 aromatic heterocycles. The highest BCUT2D eigenvalue weighted by Crippen LogP contribution is 2.40. The van der Waals surface area contributed by atoms with Crippen molar-refractivity contribution in [3.63, 3.8) is 0 Å². The monoisotopic (exact) mass is 411 g/mol. The zero-order chi connectivity index (χ0) is 20.7. The number of nitro benzene ring substituents is 1. The van der Waals surface area contributed by atoms with Crippen molar-refractivity contribution in [3.05, 3.63) is 45.6 Å². The Bertz CT molecular complexity index is 956. The maximum atomic E-state index is 12.9. The van der Waals surface area contributed by atoms with Gasteiger partial charge in [0.25, 0.3) is 11.6 Å². The minimum absolute atomic E-state index is 0.120. The molecule has 0 atom stereocenters. The van der Waals surface area contributed by atoms with Gasteiger partial charge in [-0.25, -0.2) is 0 Å². The fraction of sp³-hybridized carbons (Fsp3) is 0.571. The van der Waals surface area contributed by atoms with E-state index in [1.54, 1.807) is 17.0 Å². The number of likely N-dealkylation sites (tertiary alicyclic amines) is 1. The summed E-state index contributed by atoms with van der Waals surface area (Å²) in [5.41, 5.74) is 0.923. The Morgan fingerprint density at radius 1 is 1.07 bits per heavy atom. The maximum absolute atomic E-state index is 12.9. The summed E-state index contributed by atoms with van der Waals surface area (Å²) in [5.74, 6) is 2.05. The number of hydrogen-bond donors (Lipinski definition) is 0. The second-order valence-electron chi connectivity index (χ2n) is 8.48. The highest BCUT2D eigenvalue weighted by molar-refractivity contribution is 5.99. The summed E-state index contributed by atoms with van der Waals surface area (Å²) in [5, 5.41) is 15.7. The van der Waals surface area contributed by atoms with Crippen LogP contribution in [0.15, 0.2) is 22.7 Å². The molecule has 3 fully saturated rings. The third-order valence-corrected chi connectivity index (χ3v) is 6.41. The number of nitro groups is 1. The number of benzene rings is 1. The van der Waals surface area contributed by atoms with Gasteiger partial charge in [0.1, 0.15) is 5.56 Å². The fourth-order valence-electron chi connectivity index (χ4n) is 4.45. The van der Waals surface area contributed by atoms with Crippen molar-refractivity contribution in [2.24, 2.45) is 0 Å². The van der Waals surface area contributed by atoms with E-state index in [2.05, 4.69) is 15.0 Å². The fourth-order valence-corrected chi connectivity index (χ4v) is 4.45. The Morgan fingerprint density at radius 3 is 2.47 bits per heavy atom. The number of hydrogen-bond acceptors (Lipinski definition) is 7. The molecule has 2 aliphatic heterocycles. The quantitative estimate of drug-likeness (QED) is 0.548. The number of anilines is 1. The Kier molecular flexibility index (Phi) is 4.88. The van der Waals surface area contributed by atoms with E-state index < -0.39 is 4.92 Å². The van der Waals surface area contributed by atoms with Crippen LogP contribution < -0.4 is 4.90 Å². The largest absolute Gasteiger partial charge is 0.371 e. The summed E-state index contributed by atoms with van der Waals surface area (Å²) in [6, 6.07) is 4.91. The predicted molar refractivity (Wildman–Crippen MR) is 109 cm³/mol. The van der Waals surface area contributed by atoms with Crippen LogP contribution in [0.2, 0.25) is 0 Å². The third kappa shape index (κ3) is 3.64. The zero-order valence-electron chi connectivity index (χ0n) is 16.8. The van der Waals surface area contributed by atoms with Gasteiger partial charge in [-0.15, -0.1) is 0 Å². The van der Waals surface area contributed by atoms with E-state index in [4.69, 9.17) is 4.52 Å². The molecule has 0 N–H and O–H groups in total. The van der Waals surface area contributed by atoms with Crippen LogP contribution in [0.1, 0.15) is 72.4 Å². The van der Waals surface area contributed by atoms with Gasteiger partial charge in [0.15, 0.2) is 5.82 Å². The SMILES string of the molecule is O=C(c1cc(N2CCC(c3noc(C4CC4)n3)CC2)ccc1[N+](=O)[O-])N1CCCC1. The second kappa shape index (κ2) is 7.70. The summed E-state index contributed by atoms with van der Waals surface area (Å²) < 4.78 is 5.40. The normalized spacial score (nSPS) is 20.0. The summed E-state index contributed by atoms with van der Waals surface area (Å²) in [4.78, 5) is 32.4. The Labute approximate surface area is 174 Å².